The molecular weight excluding hydrogens is 225 g/mol. The molecule has 0 unspecified atom stereocenters. The van der Waals surface area contributed by atoms with Gasteiger partial charge in [0, 0.05) is 13.1 Å². The predicted octanol–water partition coefficient (Wildman–Crippen LogP) is 2.75. The first-order valence-electron chi connectivity index (χ1n) is 3.77. The molecule has 0 spiro atoms. The topological polar surface area (TPSA) is 51.8 Å². The Bertz CT molecular complexity index is 469. The Morgan fingerprint density at radius 3 is 2.57 bits per heavy atom. The van der Waals surface area contributed by atoms with E-state index in [1.165, 1.54) is 6.20 Å². The van der Waals surface area contributed by atoms with Gasteiger partial charge in [0.15, 0.2) is 11.7 Å². The third-order valence-electron chi connectivity index (χ3n) is 1.60. The Morgan fingerprint density at radius 2 is 2.00 bits per heavy atom. The largest absolute Gasteiger partial charge is 0.441 e. The van der Waals surface area contributed by atoms with E-state index in [0.717, 1.165) is 0 Å². The van der Waals surface area contributed by atoms with Gasteiger partial charge in [0.2, 0.25) is 5.28 Å². The molecule has 0 saturated carbocycles. The van der Waals surface area contributed by atoms with Crippen LogP contribution < -0.4 is 0 Å². The SMILES string of the molecule is Cc1ncc(-c2cnc(Cl)nc2Cl)o1. The van der Waals surface area contributed by atoms with Crippen LogP contribution in [0.2, 0.25) is 10.4 Å². The first-order chi connectivity index (χ1) is 6.66. The lowest BCUT2D eigenvalue weighted by Gasteiger charge is -1.97. The highest BCUT2D eigenvalue weighted by Crippen LogP contribution is 2.26. The number of rotatable bonds is 1. The van der Waals surface area contributed by atoms with Crippen LogP contribution in [0.5, 0.6) is 0 Å². The summed E-state index contributed by atoms with van der Waals surface area (Å²) >= 11 is 11.4. The van der Waals surface area contributed by atoms with E-state index in [4.69, 9.17) is 27.6 Å². The van der Waals surface area contributed by atoms with E-state index in [0.29, 0.717) is 17.2 Å². The quantitative estimate of drug-likeness (QED) is 0.558. The van der Waals surface area contributed by atoms with Crippen LogP contribution in [-0.2, 0) is 0 Å². The zero-order valence-corrected chi connectivity index (χ0v) is 8.67. The van der Waals surface area contributed by atoms with E-state index < -0.39 is 0 Å². The molecule has 2 aromatic rings. The van der Waals surface area contributed by atoms with Gasteiger partial charge in [-0.2, -0.15) is 0 Å². The normalized spacial score (nSPS) is 10.5. The standard InChI is InChI=1S/C8H5Cl2N3O/c1-4-11-3-6(14-4)5-2-12-8(10)13-7(5)9/h2-3H,1H3. The second-order valence-corrected chi connectivity index (χ2v) is 3.28. The van der Waals surface area contributed by atoms with Crippen molar-refractivity contribution in [2.24, 2.45) is 0 Å². The summed E-state index contributed by atoms with van der Waals surface area (Å²) in [7, 11) is 0. The summed E-state index contributed by atoms with van der Waals surface area (Å²) in [5, 5.41) is 0.358. The highest BCUT2D eigenvalue weighted by molar-refractivity contribution is 6.33. The summed E-state index contributed by atoms with van der Waals surface area (Å²) in [5.74, 6) is 1.09. The molecule has 6 heteroatoms. The molecule has 0 atom stereocenters. The fourth-order valence-electron chi connectivity index (χ4n) is 0.992. The van der Waals surface area contributed by atoms with Crippen LogP contribution in [0, 0.1) is 6.92 Å². The molecule has 0 fully saturated rings. The van der Waals surface area contributed by atoms with Crippen molar-refractivity contribution in [3.63, 3.8) is 0 Å². The van der Waals surface area contributed by atoms with Crippen molar-refractivity contribution in [3.8, 4) is 11.3 Å². The number of aromatic nitrogens is 3. The minimum absolute atomic E-state index is 0.106. The third-order valence-corrected chi connectivity index (χ3v) is 2.07. The minimum atomic E-state index is 0.106. The second kappa shape index (κ2) is 3.55. The van der Waals surface area contributed by atoms with Crippen molar-refractivity contribution in [3.05, 3.63) is 28.7 Å². The van der Waals surface area contributed by atoms with Crippen LogP contribution in [0.15, 0.2) is 16.8 Å². The zero-order valence-electron chi connectivity index (χ0n) is 7.16. The molecule has 0 saturated heterocycles. The Morgan fingerprint density at radius 1 is 1.21 bits per heavy atom. The molecule has 0 radical (unpaired) electrons. The maximum absolute atomic E-state index is 5.85. The second-order valence-electron chi connectivity index (χ2n) is 2.59. The lowest BCUT2D eigenvalue weighted by Crippen LogP contribution is -1.86. The molecule has 0 aliphatic rings. The number of oxazole rings is 1. The molecule has 14 heavy (non-hydrogen) atoms. The van der Waals surface area contributed by atoms with E-state index in [-0.39, 0.29) is 10.4 Å². The van der Waals surface area contributed by atoms with E-state index >= 15 is 0 Å². The summed E-state index contributed by atoms with van der Waals surface area (Å²) in [4.78, 5) is 11.5. The summed E-state index contributed by atoms with van der Waals surface area (Å²) in [6.45, 7) is 1.74. The van der Waals surface area contributed by atoms with Crippen molar-refractivity contribution in [2.75, 3.05) is 0 Å². The molecule has 72 valence electrons. The van der Waals surface area contributed by atoms with Gasteiger partial charge in [-0.25, -0.2) is 15.0 Å². The Hall–Kier alpha value is -1.13. The summed E-state index contributed by atoms with van der Waals surface area (Å²) in [6, 6.07) is 0. The van der Waals surface area contributed by atoms with Gasteiger partial charge in [0.05, 0.1) is 11.8 Å². The smallest absolute Gasteiger partial charge is 0.223 e. The fraction of sp³-hybridized carbons (Fsp3) is 0.125. The van der Waals surface area contributed by atoms with Gasteiger partial charge in [0.25, 0.3) is 0 Å². The van der Waals surface area contributed by atoms with Gasteiger partial charge in [-0.05, 0) is 11.6 Å². The van der Waals surface area contributed by atoms with Crippen LogP contribution in [-0.4, -0.2) is 15.0 Å². The van der Waals surface area contributed by atoms with Crippen molar-refractivity contribution in [1.29, 1.82) is 0 Å². The van der Waals surface area contributed by atoms with Gasteiger partial charge in [0.1, 0.15) is 5.15 Å². The number of nitrogens with zero attached hydrogens (tertiary/aromatic N) is 3. The van der Waals surface area contributed by atoms with Crippen LogP contribution in [0.3, 0.4) is 0 Å². The molecule has 0 aliphatic carbocycles. The van der Waals surface area contributed by atoms with Gasteiger partial charge >= 0.3 is 0 Å². The van der Waals surface area contributed by atoms with E-state index in [2.05, 4.69) is 15.0 Å². The molecule has 0 amide bonds. The minimum Gasteiger partial charge on any atom is -0.441 e. The van der Waals surface area contributed by atoms with E-state index in [1.807, 2.05) is 0 Å². The predicted molar refractivity (Wildman–Crippen MR) is 52.3 cm³/mol. The Labute approximate surface area is 89.9 Å². The van der Waals surface area contributed by atoms with Gasteiger partial charge in [-0.3, -0.25) is 0 Å². The van der Waals surface area contributed by atoms with Crippen LogP contribution >= 0.6 is 23.2 Å². The molecule has 0 aliphatic heterocycles. The van der Waals surface area contributed by atoms with Crippen molar-refractivity contribution in [2.45, 2.75) is 6.92 Å². The van der Waals surface area contributed by atoms with Crippen LogP contribution in [0.25, 0.3) is 11.3 Å². The van der Waals surface area contributed by atoms with E-state index in [9.17, 15) is 0 Å². The number of hydrogen-bond acceptors (Lipinski definition) is 4. The summed E-state index contributed by atoms with van der Waals surface area (Å²) in [6.07, 6.45) is 3.06. The van der Waals surface area contributed by atoms with Crippen molar-refractivity contribution in [1.82, 2.24) is 15.0 Å². The molecule has 4 nitrogen and oxygen atoms in total. The highest BCUT2D eigenvalue weighted by Gasteiger charge is 2.10. The number of aryl methyl sites for hydroxylation is 1. The average molecular weight is 230 g/mol. The van der Waals surface area contributed by atoms with Gasteiger partial charge in [-0.15, -0.1) is 0 Å². The maximum atomic E-state index is 5.85. The Kier molecular flexibility index (Phi) is 2.39. The zero-order chi connectivity index (χ0) is 10.1. The average Bonchev–Trinajstić information content (AvgIpc) is 2.51. The molecule has 2 heterocycles. The van der Waals surface area contributed by atoms with Crippen molar-refractivity contribution < 1.29 is 4.42 Å². The van der Waals surface area contributed by atoms with Gasteiger partial charge < -0.3 is 4.42 Å². The van der Waals surface area contributed by atoms with Crippen LogP contribution in [0.4, 0.5) is 0 Å². The van der Waals surface area contributed by atoms with Gasteiger partial charge in [-0.1, -0.05) is 11.6 Å². The first-order valence-corrected chi connectivity index (χ1v) is 4.53. The molecule has 0 N–H and O–H groups in total. The maximum Gasteiger partial charge on any atom is 0.223 e. The monoisotopic (exact) mass is 229 g/mol. The molecular formula is C8H5Cl2N3O. The lowest BCUT2D eigenvalue weighted by atomic mass is 10.3. The fourth-order valence-corrected chi connectivity index (χ4v) is 1.39. The van der Waals surface area contributed by atoms with Crippen LogP contribution in [0.1, 0.15) is 5.89 Å². The molecule has 0 bridgehead atoms. The first kappa shape index (κ1) is 9.43. The van der Waals surface area contributed by atoms with E-state index in [1.54, 1.807) is 13.1 Å². The number of hydrogen-bond donors (Lipinski definition) is 0. The lowest BCUT2D eigenvalue weighted by molar-refractivity contribution is 0.534. The summed E-state index contributed by atoms with van der Waals surface area (Å²) < 4.78 is 5.27. The number of halogens is 2. The third kappa shape index (κ3) is 1.71. The molecule has 2 aromatic heterocycles. The Balaban J connectivity index is 2.52. The van der Waals surface area contributed by atoms with Crippen molar-refractivity contribution >= 4 is 23.2 Å². The molecule has 2 rings (SSSR count). The summed E-state index contributed by atoms with van der Waals surface area (Å²) in [5.41, 5.74) is 0.580. The molecule has 0 aromatic carbocycles. The highest BCUT2D eigenvalue weighted by atomic mass is 35.5.